The molecule has 4 heteroatoms. The van der Waals surface area contributed by atoms with Crippen LogP contribution >= 0.6 is 0 Å². The predicted octanol–water partition coefficient (Wildman–Crippen LogP) is 1.83. The van der Waals surface area contributed by atoms with E-state index in [4.69, 9.17) is 10.5 Å². The van der Waals surface area contributed by atoms with Crippen LogP contribution in [0.3, 0.4) is 0 Å². The van der Waals surface area contributed by atoms with Crippen LogP contribution < -0.4 is 15.8 Å². The normalized spacial score (nSPS) is 10.2. The van der Waals surface area contributed by atoms with Gasteiger partial charge in [0.1, 0.15) is 12.4 Å². The van der Waals surface area contributed by atoms with Gasteiger partial charge in [-0.1, -0.05) is 12.1 Å². The monoisotopic (exact) mass is 243 g/mol. The lowest BCUT2D eigenvalue weighted by Gasteiger charge is -2.07. The summed E-state index contributed by atoms with van der Waals surface area (Å²) in [5.41, 5.74) is 7.41. The first-order valence-electron chi connectivity index (χ1n) is 5.93. The highest BCUT2D eigenvalue weighted by atomic mass is 16.5. The summed E-state index contributed by atoms with van der Waals surface area (Å²) in [5.74, 6) is 0.801. The van der Waals surface area contributed by atoms with Crippen molar-refractivity contribution < 1.29 is 4.74 Å². The van der Waals surface area contributed by atoms with Gasteiger partial charge in [-0.05, 0) is 24.3 Å². The fraction of sp³-hybridized carbons (Fsp3) is 0.214. The third kappa shape index (κ3) is 4.07. The second kappa shape index (κ2) is 6.61. The number of rotatable bonds is 6. The Labute approximate surface area is 107 Å². The van der Waals surface area contributed by atoms with Crippen molar-refractivity contribution in [3.63, 3.8) is 0 Å². The summed E-state index contributed by atoms with van der Waals surface area (Å²) in [4.78, 5) is 4.23. The number of pyridine rings is 1. The Hall–Kier alpha value is -2.07. The van der Waals surface area contributed by atoms with Crippen LogP contribution in [0.25, 0.3) is 0 Å². The van der Waals surface area contributed by atoms with Crippen molar-refractivity contribution in [2.24, 2.45) is 0 Å². The first-order valence-corrected chi connectivity index (χ1v) is 5.93. The van der Waals surface area contributed by atoms with Crippen LogP contribution in [0.15, 0.2) is 48.7 Å². The third-order valence-electron chi connectivity index (χ3n) is 2.44. The van der Waals surface area contributed by atoms with Crippen LogP contribution in [0, 0.1) is 0 Å². The van der Waals surface area contributed by atoms with Gasteiger partial charge in [0.15, 0.2) is 0 Å². The van der Waals surface area contributed by atoms with Gasteiger partial charge in [-0.25, -0.2) is 0 Å². The molecule has 1 aromatic carbocycles. The van der Waals surface area contributed by atoms with Crippen molar-refractivity contribution in [3.8, 4) is 5.75 Å². The second-order valence-electron chi connectivity index (χ2n) is 3.92. The lowest BCUT2D eigenvalue weighted by atomic mass is 10.3. The van der Waals surface area contributed by atoms with Crippen LogP contribution in [-0.2, 0) is 6.54 Å². The van der Waals surface area contributed by atoms with Gasteiger partial charge < -0.3 is 15.8 Å². The molecular weight excluding hydrogens is 226 g/mol. The molecule has 0 spiro atoms. The van der Waals surface area contributed by atoms with Crippen molar-refractivity contribution in [1.29, 1.82) is 0 Å². The molecule has 3 N–H and O–H groups in total. The van der Waals surface area contributed by atoms with Gasteiger partial charge in [-0.15, -0.1) is 0 Å². The highest BCUT2D eigenvalue weighted by molar-refractivity contribution is 5.43. The Bertz CT molecular complexity index is 473. The van der Waals surface area contributed by atoms with Crippen molar-refractivity contribution in [3.05, 3.63) is 54.4 Å². The van der Waals surface area contributed by atoms with Gasteiger partial charge >= 0.3 is 0 Å². The van der Waals surface area contributed by atoms with Gasteiger partial charge in [0.25, 0.3) is 0 Å². The number of ether oxygens (including phenoxy) is 1. The van der Waals surface area contributed by atoms with Crippen molar-refractivity contribution >= 4 is 5.69 Å². The van der Waals surface area contributed by atoms with E-state index in [1.165, 1.54) is 0 Å². The summed E-state index contributed by atoms with van der Waals surface area (Å²) < 4.78 is 5.56. The first kappa shape index (κ1) is 12.4. The first-order chi connectivity index (χ1) is 8.84. The summed E-state index contributed by atoms with van der Waals surface area (Å²) in [6.07, 6.45) is 1.79. The standard InChI is InChI=1S/C14H17N3O/c15-12-4-3-6-14(10-12)18-9-8-16-11-13-5-1-2-7-17-13/h1-7,10,16H,8-9,11,15H2. The van der Waals surface area contributed by atoms with Gasteiger partial charge in [-0.2, -0.15) is 0 Å². The highest BCUT2D eigenvalue weighted by Crippen LogP contribution is 2.13. The smallest absolute Gasteiger partial charge is 0.121 e. The molecule has 2 aromatic rings. The fourth-order valence-corrected chi connectivity index (χ4v) is 1.56. The molecule has 0 bridgehead atoms. The Kier molecular flexibility index (Phi) is 4.55. The van der Waals surface area contributed by atoms with E-state index in [0.29, 0.717) is 12.3 Å². The predicted molar refractivity (Wildman–Crippen MR) is 72.3 cm³/mol. The molecule has 0 saturated carbocycles. The number of nitrogens with two attached hydrogens (primary N) is 1. The molecule has 0 atom stereocenters. The molecule has 0 saturated heterocycles. The van der Waals surface area contributed by atoms with E-state index < -0.39 is 0 Å². The molecule has 0 radical (unpaired) electrons. The summed E-state index contributed by atoms with van der Waals surface area (Å²) in [6, 6.07) is 13.3. The molecule has 0 amide bonds. The van der Waals surface area contributed by atoms with Crippen LogP contribution in [0.4, 0.5) is 5.69 Å². The zero-order valence-corrected chi connectivity index (χ0v) is 10.2. The van der Waals surface area contributed by atoms with Crippen LogP contribution in [-0.4, -0.2) is 18.1 Å². The topological polar surface area (TPSA) is 60.2 Å². The number of nitrogen functional groups attached to an aromatic ring is 1. The van der Waals surface area contributed by atoms with E-state index in [2.05, 4.69) is 10.3 Å². The van der Waals surface area contributed by atoms with Crippen molar-refractivity contribution in [2.45, 2.75) is 6.54 Å². The molecule has 0 aliphatic rings. The molecule has 18 heavy (non-hydrogen) atoms. The van der Waals surface area contributed by atoms with E-state index in [1.807, 2.05) is 42.5 Å². The maximum absolute atomic E-state index is 5.66. The van der Waals surface area contributed by atoms with Crippen molar-refractivity contribution in [2.75, 3.05) is 18.9 Å². The molecule has 0 fully saturated rings. The Morgan fingerprint density at radius 1 is 1.17 bits per heavy atom. The van der Waals surface area contributed by atoms with Crippen LogP contribution in [0.1, 0.15) is 5.69 Å². The minimum Gasteiger partial charge on any atom is -0.492 e. The zero-order chi connectivity index (χ0) is 12.6. The summed E-state index contributed by atoms with van der Waals surface area (Å²) in [6.45, 7) is 2.13. The number of benzene rings is 1. The fourth-order valence-electron chi connectivity index (χ4n) is 1.56. The molecule has 0 aliphatic heterocycles. The number of hydrogen-bond acceptors (Lipinski definition) is 4. The SMILES string of the molecule is Nc1cccc(OCCNCc2ccccn2)c1. The van der Waals surface area contributed by atoms with Gasteiger partial charge in [0.2, 0.25) is 0 Å². The molecule has 1 aromatic heterocycles. The molecule has 0 aliphatic carbocycles. The number of hydrogen-bond donors (Lipinski definition) is 2. The average molecular weight is 243 g/mol. The number of nitrogens with zero attached hydrogens (tertiary/aromatic N) is 1. The van der Waals surface area contributed by atoms with E-state index in [-0.39, 0.29) is 0 Å². The third-order valence-corrected chi connectivity index (χ3v) is 2.44. The van der Waals surface area contributed by atoms with E-state index in [9.17, 15) is 0 Å². The summed E-state index contributed by atoms with van der Waals surface area (Å²) >= 11 is 0. The maximum atomic E-state index is 5.66. The van der Waals surface area contributed by atoms with Crippen LogP contribution in [0.2, 0.25) is 0 Å². The minimum absolute atomic E-state index is 0.607. The summed E-state index contributed by atoms with van der Waals surface area (Å²) in [7, 11) is 0. The van der Waals surface area contributed by atoms with Crippen molar-refractivity contribution in [1.82, 2.24) is 10.3 Å². The molecule has 0 unspecified atom stereocenters. The van der Waals surface area contributed by atoms with Crippen LogP contribution in [0.5, 0.6) is 5.75 Å². The Balaban J connectivity index is 1.65. The van der Waals surface area contributed by atoms with E-state index >= 15 is 0 Å². The van der Waals surface area contributed by atoms with E-state index in [1.54, 1.807) is 6.20 Å². The van der Waals surface area contributed by atoms with Gasteiger partial charge in [0, 0.05) is 31.0 Å². The minimum atomic E-state index is 0.607. The zero-order valence-electron chi connectivity index (χ0n) is 10.2. The number of aromatic nitrogens is 1. The van der Waals surface area contributed by atoms with Gasteiger partial charge in [-0.3, -0.25) is 4.98 Å². The summed E-state index contributed by atoms with van der Waals surface area (Å²) in [5, 5.41) is 3.27. The lowest BCUT2D eigenvalue weighted by molar-refractivity contribution is 0.313. The maximum Gasteiger partial charge on any atom is 0.121 e. The molecule has 1 heterocycles. The van der Waals surface area contributed by atoms with Gasteiger partial charge in [0.05, 0.1) is 5.69 Å². The lowest BCUT2D eigenvalue weighted by Crippen LogP contribution is -2.21. The highest BCUT2D eigenvalue weighted by Gasteiger charge is 1.95. The largest absolute Gasteiger partial charge is 0.492 e. The number of nitrogens with one attached hydrogen (secondary N) is 1. The Morgan fingerprint density at radius 2 is 2.11 bits per heavy atom. The Morgan fingerprint density at radius 3 is 2.89 bits per heavy atom. The molecule has 2 rings (SSSR count). The van der Waals surface area contributed by atoms with E-state index in [0.717, 1.165) is 24.5 Å². The second-order valence-corrected chi connectivity index (χ2v) is 3.92. The molecule has 94 valence electrons. The average Bonchev–Trinajstić information content (AvgIpc) is 2.40. The number of anilines is 1. The quantitative estimate of drug-likeness (QED) is 0.600. The molecular formula is C14H17N3O. The molecule has 4 nitrogen and oxygen atoms in total.